The van der Waals surface area contributed by atoms with E-state index in [1.165, 1.54) is 0 Å². The fourth-order valence-corrected chi connectivity index (χ4v) is 4.91. The van der Waals surface area contributed by atoms with Gasteiger partial charge >= 0.3 is 0 Å². The molecule has 0 saturated carbocycles. The van der Waals surface area contributed by atoms with Gasteiger partial charge in [-0.1, -0.05) is 35.9 Å². The van der Waals surface area contributed by atoms with Crippen LogP contribution in [-0.4, -0.2) is 34.9 Å². The van der Waals surface area contributed by atoms with Crippen LogP contribution in [0.4, 0.5) is 0 Å². The minimum Gasteiger partial charge on any atom is -0.494 e. The predicted octanol–water partition coefficient (Wildman–Crippen LogP) is 5.21. The normalized spacial score (nSPS) is 25.5. The van der Waals surface area contributed by atoms with Crippen molar-refractivity contribution in [2.75, 3.05) is 7.11 Å². The molecule has 3 aromatic rings. The highest BCUT2D eigenvalue weighted by Crippen LogP contribution is 2.44. The highest BCUT2D eigenvalue weighted by Gasteiger charge is 2.48. The summed E-state index contributed by atoms with van der Waals surface area (Å²) in [5.41, 5.74) is 5.14. The van der Waals surface area contributed by atoms with Gasteiger partial charge in [-0.2, -0.15) is 5.10 Å². The number of hydrogen-bond donors (Lipinski definition) is 0. The van der Waals surface area contributed by atoms with Crippen LogP contribution in [0.5, 0.6) is 5.75 Å². The minimum atomic E-state index is -0.629. The first kappa shape index (κ1) is 19.6. The summed E-state index contributed by atoms with van der Waals surface area (Å²) in [6.45, 7) is 4.23. The first-order valence-corrected chi connectivity index (χ1v) is 10.7. The fraction of sp³-hybridized carbons (Fsp3) is 0.375. The summed E-state index contributed by atoms with van der Waals surface area (Å²) in [6, 6.07) is 15.8. The zero-order valence-electron chi connectivity index (χ0n) is 17.4. The Morgan fingerprint density at radius 2 is 1.73 bits per heavy atom. The Morgan fingerprint density at radius 3 is 2.43 bits per heavy atom. The highest BCUT2D eigenvalue weighted by atomic mass is 35.5. The van der Waals surface area contributed by atoms with Crippen LogP contribution in [0.2, 0.25) is 5.02 Å². The second kappa shape index (κ2) is 7.41. The Labute approximate surface area is 181 Å². The standard InChI is InChI=1S/C24H25ClN2O3/c1-15-12-16(2)30-24(29-15)13-19-20(14-24)26-27(21-6-4-5-7-22(21)28-3)23(19)17-8-10-18(25)11-9-17/h4-11,15-16H,12-14H2,1-3H3/t15-,16-/m1/s1. The monoisotopic (exact) mass is 424 g/mol. The molecule has 1 aromatic heterocycles. The molecule has 2 aromatic carbocycles. The molecule has 0 radical (unpaired) electrons. The quantitative estimate of drug-likeness (QED) is 0.579. The van der Waals surface area contributed by atoms with Crippen molar-refractivity contribution >= 4 is 11.6 Å². The molecular weight excluding hydrogens is 400 g/mol. The second-order valence-corrected chi connectivity index (χ2v) is 8.66. The van der Waals surface area contributed by atoms with Gasteiger partial charge in [0.05, 0.1) is 30.7 Å². The predicted molar refractivity (Wildman–Crippen MR) is 116 cm³/mol. The summed E-state index contributed by atoms with van der Waals surface area (Å²) in [7, 11) is 1.68. The van der Waals surface area contributed by atoms with Crippen LogP contribution in [0.15, 0.2) is 48.5 Å². The van der Waals surface area contributed by atoms with Gasteiger partial charge in [0.25, 0.3) is 0 Å². The Bertz CT molecular complexity index is 1070. The summed E-state index contributed by atoms with van der Waals surface area (Å²) in [5, 5.41) is 5.72. The Balaban J connectivity index is 1.65. The highest BCUT2D eigenvalue weighted by molar-refractivity contribution is 6.30. The minimum absolute atomic E-state index is 0.165. The first-order valence-electron chi connectivity index (χ1n) is 10.3. The summed E-state index contributed by atoms with van der Waals surface area (Å²) in [5.74, 6) is 0.145. The van der Waals surface area contributed by atoms with Gasteiger partial charge in [0.1, 0.15) is 11.4 Å². The smallest absolute Gasteiger partial charge is 0.178 e. The summed E-state index contributed by atoms with van der Waals surface area (Å²) < 4.78 is 20.3. The summed E-state index contributed by atoms with van der Waals surface area (Å²) >= 11 is 6.16. The number of fused-ring (bicyclic) bond motifs is 1. The summed E-state index contributed by atoms with van der Waals surface area (Å²) in [6.07, 6.45) is 2.55. The van der Waals surface area contributed by atoms with E-state index in [-0.39, 0.29) is 12.2 Å². The number of halogens is 1. The van der Waals surface area contributed by atoms with Crippen LogP contribution in [0.25, 0.3) is 16.9 Å². The van der Waals surface area contributed by atoms with Crippen molar-refractivity contribution in [3.63, 3.8) is 0 Å². The average Bonchev–Trinajstić information content (AvgIpc) is 3.21. The summed E-state index contributed by atoms with van der Waals surface area (Å²) in [4.78, 5) is 0. The van der Waals surface area contributed by atoms with E-state index in [9.17, 15) is 0 Å². The molecule has 6 heteroatoms. The molecule has 1 fully saturated rings. The van der Waals surface area contributed by atoms with E-state index in [2.05, 4.69) is 13.8 Å². The lowest BCUT2D eigenvalue weighted by molar-refractivity contribution is -0.306. The van der Waals surface area contributed by atoms with Crippen molar-refractivity contribution < 1.29 is 14.2 Å². The number of ether oxygens (including phenoxy) is 3. The lowest BCUT2D eigenvalue weighted by Gasteiger charge is -2.40. The van der Waals surface area contributed by atoms with Gasteiger partial charge in [-0.05, 0) is 44.5 Å². The van der Waals surface area contributed by atoms with Gasteiger partial charge in [-0.25, -0.2) is 4.68 Å². The van der Waals surface area contributed by atoms with Gasteiger partial charge in [0, 0.05) is 29.0 Å². The van der Waals surface area contributed by atoms with Crippen molar-refractivity contribution in [1.29, 1.82) is 0 Å². The molecule has 2 heterocycles. The molecule has 0 N–H and O–H groups in total. The van der Waals surface area contributed by atoms with Crippen LogP contribution < -0.4 is 4.74 Å². The Kier molecular flexibility index (Phi) is 4.85. The fourth-order valence-electron chi connectivity index (χ4n) is 4.79. The maximum Gasteiger partial charge on any atom is 0.178 e. The van der Waals surface area contributed by atoms with Crippen molar-refractivity contribution in [2.45, 2.75) is 51.1 Å². The molecule has 2 aliphatic rings. The molecule has 2 atom stereocenters. The van der Waals surface area contributed by atoms with Crippen LogP contribution in [0.1, 0.15) is 31.5 Å². The molecule has 0 unspecified atom stereocenters. The Hall–Kier alpha value is -2.34. The molecule has 0 bridgehead atoms. The van der Waals surface area contributed by atoms with E-state index in [0.29, 0.717) is 17.9 Å². The molecule has 5 nitrogen and oxygen atoms in total. The van der Waals surface area contributed by atoms with Gasteiger partial charge in [-0.15, -0.1) is 0 Å². The average molecular weight is 425 g/mol. The second-order valence-electron chi connectivity index (χ2n) is 8.22. The van der Waals surface area contributed by atoms with Gasteiger partial charge in [-0.3, -0.25) is 0 Å². The molecule has 1 saturated heterocycles. The number of nitrogens with zero attached hydrogens (tertiary/aromatic N) is 2. The van der Waals surface area contributed by atoms with Crippen molar-refractivity contribution in [2.24, 2.45) is 0 Å². The lowest BCUT2D eigenvalue weighted by Crippen LogP contribution is -2.48. The van der Waals surface area contributed by atoms with Crippen molar-refractivity contribution in [3.8, 4) is 22.7 Å². The lowest BCUT2D eigenvalue weighted by atomic mass is 10.0. The van der Waals surface area contributed by atoms with E-state index in [0.717, 1.165) is 40.4 Å². The van der Waals surface area contributed by atoms with E-state index in [1.54, 1.807) is 7.11 Å². The van der Waals surface area contributed by atoms with Gasteiger partial charge < -0.3 is 14.2 Å². The number of hydrogen-bond acceptors (Lipinski definition) is 4. The van der Waals surface area contributed by atoms with E-state index < -0.39 is 5.79 Å². The Morgan fingerprint density at radius 1 is 1.03 bits per heavy atom. The number of rotatable bonds is 3. The first-order chi connectivity index (χ1) is 14.5. The number of aromatic nitrogens is 2. The van der Waals surface area contributed by atoms with Crippen molar-refractivity contribution in [1.82, 2.24) is 9.78 Å². The maximum atomic E-state index is 6.33. The zero-order chi connectivity index (χ0) is 20.9. The molecule has 1 aliphatic carbocycles. The van der Waals surface area contributed by atoms with Crippen LogP contribution >= 0.6 is 11.6 Å². The van der Waals surface area contributed by atoms with Crippen LogP contribution in [0, 0.1) is 0 Å². The van der Waals surface area contributed by atoms with Crippen LogP contribution in [0.3, 0.4) is 0 Å². The van der Waals surface area contributed by atoms with Crippen molar-refractivity contribution in [3.05, 3.63) is 64.8 Å². The third-order valence-electron chi connectivity index (χ3n) is 5.88. The van der Waals surface area contributed by atoms with E-state index in [1.807, 2.05) is 53.2 Å². The van der Waals surface area contributed by atoms with Gasteiger partial charge in [0.15, 0.2) is 5.79 Å². The molecule has 5 rings (SSSR count). The molecule has 30 heavy (non-hydrogen) atoms. The third-order valence-corrected chi connectivity index (χ3v) is 6.13. The number of para-hydroxylation sites is 2. The SMILES string of the molecule is COc1ccccc1-n1nc2c(c1-c1ccc(Cl)cc1)CC1(C2)O[C@H](C)C[C@@H](C)O1. The van der Waals surface area contributed by atoms with E-state index >= 15 is 0 Å². The molecule has 1 spiro atoms. The van der Waals surface area contributed by atoms with Gasteiger partial charge in [0.2, 0.25) is 0 Å². The molecule has 0 amide bonds. The third kappa shape index (κ3) is 3.31. The molecule has 1 aliphatic heterocycles. The molecular formula is C24H25ClN2O3. The molecule has 156 valence electrons. The number of methoxy groups -OCH3 is 1. The number of benzene rings is 2. The van der Waals surface area contributed by atoms with E-state index in [4.69, 9.17) is 30.9 Å². The zero-order valence-corrected chi connectivity index (χ0v) is 18.1. The topological polar surface area (TPSA) is 45.5 Å². The largest absolute Gasteiger partial charge is 0.494 e. The maximum absolute atomic E-state index is 6.33. The van der Waals surface area contributed by atoms with Crippen LogP contribution in [-0.2, 0) is 22.3 Å².